The van der Waals surface area contributed by atoms with Crippen molar-refractivity contribution in [3.8, 4) is 0 Å². The predicted molar refractivity (Wildman–Crippen MR) is 46.7 cm³/mol. The molecule has 0 aromatic carbocycles. The van der Waals surface area contributed by atoms with Gasteiger partial charge >= 0.3 is 0 Å². The van der Waals surface area contributed by atoms with Crippen LogP contribution in [0.5, 0.6) is 0 Å². The lowest BCUT2D eigenvalue weighted by Crippen LogP contribution is -2.39. The highest BCUT2D eigenvalue weighted by atomic mass is 32.2. The third-order valence-electron chi connectivity index (χ3n) is 2.30. The second-order valence-electron chi connectivity index (χ2n) is 3.23. The van der Waals surface area contributed by atoms with Crippen LogP contribution in [0.4, 0.5) is 0 Å². The highest BCUT2D eigenvalue weighted by Crippen LogP contribution is 2.43. The minimum Gasteiger partial charge on any atom is -0.330 e. The van der Waals surface area contributed by atoms with Crippen LogP contribution in [0.15, 0.2) is 0 Å². The smallest absolute Gasteiger partial charge is 0.276 e. The van der Waals surface area contributed by atoms with Gasteiger partial charge in [-0.25, -0.2) is 9.44 Å². The SMILES string of the molecule is CNS(=O)(=O)NCC1(CN)CC1. The van der Waals surface area contributed by atoms with Gasteiger partial charge in [0.05, 0.1) is 0 Å². The molecule has 12 heavy (non-hydrogen) atoms. The van der Waals surface area contributed by atoms with Gasteiger partial charge in [-0.1, -0.05) is 0 Å². The molecular formula is C6H15N3O2S. The number of hydrogen-bond donors (Lipinski definition) is 3. The molecule has 1 aliphatic carbocycles. The monoisotopic (exact) mass is 193 g/mol. The van der Waals surface area contributed by atoms with Crippen LogP contribution < -0.4 is 15.2 Å². The van der Waals surface area contributed by atoms with E-state index >= 15 is 0 Å². The fourth-order valence-electron chi connectivity index (χ4n) is 0.950. The number of nitrogens with one attached hydrogen (secondary N) is 2. The van der Waals surface area contributed by atoms with E-state index in [1.54, 1.807) is 0 Å². The summed E-state index contributed by atoms with van der Waals surface area (Å²) in [6, 6.07) is 0. The van der Waals surface area contributed by atoms with Gasteiger partial charge in [0.25, 0.3) is 10.2 Å². The highest BCUT2D eigenvalue weighted by molar-refractivity contribution is 7.87. The van der Waals surface area contributed by atoms with Crippen LogP contribution in [0.3, 0.4) is 0 Å². The highest BCUT2D eigenvalue weighted by Gasteiger charge is 2.41. The van der Waals surface area contributed by atoms with Gasteiger partial charge in [-0.2, -0.15) is 8.42 Å². The van der Waals surface area contributed by atoms with E-state index in [1.807, 2.05) is 0 Å². The molecule has 1 fully saturated rings. The van der Waals surface area contributed by atoms with E-state index < -0.39 is 10.2 Å². The standard InChI is InChI=1S/C6H15N3O2S/c1-8-12(10,11)9-5-6(4-7)2-3-6/h8-9H,2-5,7H2,1H3. The minimum absolute atomic E-state index is 0.0456. The summed E-state index contributed by atoms with van der Waals surface area (Å²) < 4.78 is 26.5. The molecule has 0 amide bonds. The molecule has 0 saturated heterocycles. The van der Waals surface area contributed by atoms with E-state index in [0.29, 0.717) is 13.1 Å². The molecule has 1 aliphatic rings. The largest absolute Gasteiger partial charge is 0.330 e. The minimum atomic E-state index is -3.28. The number of nitrogens with two attached hydrogens (primary N) is 1. The Balaban J connectivity index is 2.35. The van der Waals surface area contributed by atoms with Crippen LogP contribution in [-0.2, 0) is 10.2 Å². The van der Waals surface area contributed by atoms with Crippen molar-refractivity contribution in [2.75, 3.05) is 20.1 Å². The van der Waals surface area contributed by atoms with Gasteiger partial charge in [0, 0.05) is 13.6 Å². The van der Waals surface area contributed by atoms with Crippen LogP contribution in [0.25, 0.3) is 0 Å². The first-order valence-electron chi connectivity index (χ1n) is 3.92. The molecule has 0 aliphatic heterocycles. The lowest BCUT2D eigenvalue weighted by Gasteiger charge is -2.12. The molecule has 1 rings (SSSR count). The first kappa shape index (κ1) is 9.91. The molecule has 5 nitrogen and oxygen atoms in total. The Hall–Kier alpha value is -0.170. The van der Waals surface area contributed by atoms with Crippen molar-refractivity contribution < 1.29 is 8.42 Å². The summed E-state index contributed by atoms with van der Waals surface area (Å²) in [7, 11) is -1.90. The molecule has 0 atom stereocenters. The Morgan fingerprint density at radius 1 is 1.50 bits per heavy atom. The maximum absolute atomic E-state index is 10.9. The maximum Gasteiger partial charge on any atom is 0.276 e. The second-order valence-corrected chi connectivity index (χ2v) is 4.94. The van der Waals surface area contributed by atoms with Crippen molar-refractivity contribution in [1.29, 1.82) is 0 Å². The summed E-state index contributed by atoms with van der Waals surface area (Å²) in [4.78, 5) is 0. The molecular weight excluding hydrogens is 178 g/mol. The van der Waals surface area contributed by atoms with E-state index in [2.05, 4.69) is 9.44 Å². The molecule has 1 saturated carbocycles. The zero-order valence-electron chi connectivity index (χ0n) is 7.13. The Morgan fingerprint density at radius 3 is 2.42 bits per heavy atom. The van der Waals surface area contributed by atoms with Crippen molar-refractivity contribution in [3.05, 3.63) is 0 Å². The lowest BCUT2D eigenvalue weighted by atomic mass is 10.1. The third-order valence-corrected chi connectivity index (χ3v) is 3.36. The fraction of sp³-hybridized carbons (Fsp3) is 1.00. The van der Waals surface area contributed by atoms with E-state index in [4.69, 9.17) is 5.73 Å². The average Bonchev–Trinajstić information content (AvgIpc) is 2.82. The van der Waals surface area contributed by atoms with Crippen LogP contribution in [-0.4, -0.2) is 28.6 Å². The summed E-state index contributed by atoms with van der Waals surface area (Å²) in [6.07, 6.45) is 2.05. The molecule has 0 heterocycles. The van der Waals surface area contributed by atoms with Crippen molar-refractivity contribution in [2.24, 2.45) is 11.1 Å². The van der Waals surface area contributed by atoms with E-state index in [9.17, 15) is 8.42 Å². The van der Waals surface area contributed by atoms with Crippen molar-refractivity contribution in [1.82, 2.24) is 9.44 Å². The molecule has 0 aromatic heterocycles. The van der Waals surface area contributed by atoms with Gasteiger partial charge in [0.15, 0.2) is 0 Å². The van der Waals surface area contributed by atoms with Crippen molar-refractivity contribution in [2.45, 2.75) is 12.8 Å². The van der Waals surface area contributed by atoms with E-state index in [1.165, 1.54) is 7.05 Å². The van der Waals surface area contributed by atoms with Crippen LogP contribution in [0.2, 0.25) is 0 Å². The van der Waals surface area contributed by atoms with Crippen LogP contribution in [0, 0.1) is 5.41 Å². The van der Waals surface area contributed by atoms with Gasteiger partial charge in [-0.3, -0.25) is 0 Å². The third kappa shape index (κ3) is 2.41. The second kappa shape index (κ2) is 3.29. The normalized spacial score (nSPS) is 20.8. The molecule has 72 valence electrons. The van der Waals surface area contributed by atoms with Gasteiger partial charge in [-0.05, 0) is 24.8 Å². The first-order valence-corrected chi connectivity index (χ1v) is 5.40. The quantitative estimate of drug-likeness (QED) is 0.511. The lowest BCUT2D eigenvalue weighted by molar-refractivity contribution is 0.498. The summed E-state index contributed by atoms with van der Waals surface area (Å²) in [5, 5.41) is 0. The average molecular weight is 193 g/mol. The van der Waals surface area contributed by atoms with Crippen LogP contribution in [0.1, 0.15) is 12.8 Å². The Morgan fingerprint density at radius 2 is 2.08 bits per heavy atom. The summed E-state index contributed by atoms with van der Waals surface area (Å²) in [5.41, 5.74) is 5.53. The summed E-state index contributed by atoms with van der Waals surface area (Å²) in [5.74, 6) is 0. The first-order chi connectivity index (χ1) is 5.54. The zero-order valence-corrected chi connectivity index (χ0v) is 7.95. The topological polar surface area (TPSA) is 84.2 Å². The molecule has 0 unspecified atom stereocenters. The van der Waals surface area contributed by atoms with Gasteiger partial charge in [0.2, 0.25) is 0 Å². The summed E-state index contributed by atoms with van der Waals surface area (Å²) in [6.45, 7) is 1.01. The molecule has 0 aromatic rings. The van der Waals surface area contributed by atoms with Crippen molar-refractivity contribution in [3.63, 3.8) is 0 Å². The van der Waals surface area contributed by atoms with E-state index in [0.717, 1.165) is 12.8 Å². The van der Waals surface area contributed by atoms with Gasteiger partial charge in [0.1, 0.15) is 0 Å². The van der Waals surface area contributed by atoms with E-state index in [-0.39, 0.29) is 5.41 Å². The number of hydrogen-bond acceptors (Lipinski definition) is 3. The fourth-order valence-corrected chi connectivity index (χ4v) is 1.59. The molecule has 0 spiro atoms. The predicted octanol–water partition coefficient (Wildman–Crippen LogP) is -1.22. The van der Waals surface area contributed by atoms with Crippen LogP contribution >= 0.6 is 0 Å². The van der Waals surface area contributed by atoms with Crippen molar-refractivity contribution >= 4 is 10.2 Å². The Bertz CT molecular complexity index is 246. The molecule has 6 heteroatoms. The Kier molecular flexibility index (Phi) is 2.72. The number of rotatable bonds is 5. The van der Waals surface area contributed by atoms with Gasteiger partial charge < -0.3 is 5.73 Å². The van der Waals surface area contributed by atoms with Gasteiger partial charge in [-0.15, -0.1) is 0 Å². The molecule has 0 radical (unpaired) electrons. The molecule has 0 bridgehead atoms. The Labute approximate surface area is 72.9 Å². The molecule has 4 N–H and O–H groups in total. The summed E-state index contributed by atoms with van der Waals surface area (Å²) >= 11 is 0. The zero-order chi connectivity index (χ0) is 9.24. The maximum atomic E-state index is 10.9.